The highest BCUT2D eigenvalue weighted by Crippen LogP contribution is 2.35. The lowest BCUT2D eigenvalue weighted by Crippen LogP contribution is -2.24. The van der Waals surface area contributed by atoms with Crippen LogP contribution >= 0.6 is 34.4 Å². The topological polar surface area (TPSA) is 59.0 Å². The highest BCUT2D eigenvalue weighted by Gasteiger charge is 2.21. The molecule has 0 spiro atoms. The van der Waals surface area contributed by atoms with Gasteiger partial charge in [-0.2, -0.15) is 0 Å². The van der Waals surface area contributed by atoms with E-state index in [-0.39, 0.29) is 5.91 Å². The molecule has 0 saturated carbocycles. The molecule has 3 aromatic rings. The minimum Gasteiger partial charge on any atom is -0.274 e. The fourth-order valence-corrected chi connectivity index (χ4v) is 5.17. The van der Waals surface area contributed by atoms with Crippen molar-refractivity contribution in [3.8, 4) is 0 Å². The summed E-state index contributed by atoms with van der Waals surface area (Å²) in [7, 11) is 0. The van der Waals surface area contributed by atoms with Crippen LogP contribution in [0.1, 0.15) is 28.8 Å². The molecule has 1 amide bonds. The van der Waals surface area contributed by atoms with Crippen molar-refractivity contribution in [3.63, 3.8) is 0 Å². The van der Waals surface area contributed by atoms with Crippen molar-refractivity contribution in [1.82, 2.24) is 15.2 Å². The Labute approximate surface area is 159 Å². The molecule has 0 atom stereocenters. The van der Waals surface area contributed by atoms with Crippen LogP contribution in [0.4, 0.5) is 10.8 Å². The molecule has 0 saturated heterocycles. The molecule has 0 bridgehead atoms. The molecule has 0 unspecified atom stereocenters. The maximum atomic E-state index is 12.3. The summed E-state index contributed by atoms with van der Waals surface area (Å²) < 4.78 is 0.935. The van der Waals surface area contributed by atoms with Crippen LogP contribution in [0.25, 0.3) is 0 Å². The van der Waals surface area contributed by atoms with Gasteiger partial charge in [-0.05, 0) is 31.9 Å². The number of aryl methyl sites for hydroxylation is 3. The van der Waals surface area contributed by atoms with Crippen LogP contribution in [0.5, 0.6) is 0 Å². The molecule has 130 valence electrons. The predicted octanol–water partition coefficient (Wildman–Crippen LogP) is 4.90. The summed E-state index contributed by atoms with van der Waals surface area (Å²) in [6, 6.07) is 6.03. The molecular weight excluding hydrogens is 372 g/mol. The van der Waals surface area contributed by atoms with Crippen LogP contribution < -0.4 is 4.90 Å². The minimum absolute atomic E-state index is 0.0364. The number of hydrogen-bond donors (Lipinski definition) is 0. The molecule has 0 aliphatic carbocycles. The Morgan fingerprint density at radius 1 is 1.20 bits per heavy atom. The fraction of sp³-hybridized carbons (Fsp3) is 0.294. The van der Waals surface area contributed by atoms with Crippen molar-refractivity contribution in [2.75, 3.05) is 4.90 Å². The molecule has 0 aliphatic heterocycles. The van der Waals surface area contributed by atoms with Crippen LogP contribution in [0.3, 0.4) is 0 Å². The Morgan fingerprint density at radius 2 is 1.92 bits per heavy atom. The van der Waals surface area contributed by atoms with Gasteiger partial charge in [0, 0.05) is 18.1 Å². The van der Waals surface area contributed by atoms with Gasteiger partial charge in [0.25, 0.3) is 0 Å². The van der Waals surface area contributed by atoms with Gasteiger partial charge in [-0.3, -0.25) is 9.69 Å². The molecule has 1 aromatic carbocycles. The van der Waals surface area contributed by atoms with E-state index >= 15 is 0 Å². The van der Waals surface area contributed by atoms with E-state index in [0.717, 1.165) is 31.9 Å². The van der Waals surface area contributed by atoms with Crippen molar-refractivity contribution in [2.24, 2.45) is 0 Å². The number of amides is 1. The normalized spacial score (nSPS) is 10.9. The third-order valence-corrected chi connectivity index (χ3v) is 6.44. The van der Waals surface area contributed by atoms with Crippen molar-refractivity contribution >= 4 is 51.2 Å². The molecule has 2 aromatic heterocycles. The predicted molar refractivity (Wildman–Crippen MR) is 105 cm³/mol. The monoisotopic (exact) mass is 390 g/mol. The second kappa shape index (κ2) is 7.63. The molecule has 0 aliphatic rings. The lowest BCUT2D eigenvalue weighted by molar-refractivity contribution is -0.115. The molecular formula is C17H18N4OS3. The van der Waals surface area contributed by atoms with E-state index in [1.165, 1.54) is 11.3 Å². The Bertz CT molecular complexity index is 883. The summed E-state index contributed by atoms with van der Waals surface area (Å²) in [5.41, 5.74) is 3.98. The van der Waals surface area contributed by atoms with Gasteiger partial charge < -0.3 is 0 Å². The van der Waals surface area contributed by atoms with E-state index < -0.39 is 0 Å². The number of aromatic nitrogens is 3. The zero-order chi connectivity index (χ0) is 18.0. The lowest BCUT2D eigenvalue weighted by Gasteiger charge is -2.22. The number of rotatable bonds is 5. The number of carbonyl (C=O) groups is 1. The van der Waals surface area contributed by atoms with E-state index in [9.17, 15) is 4.79 Å². The average Bonchev–Trinajstić information content (AvgIpc) is 3.17. The molecule has 5 nitrogen and oxygen atoms in total. The first-order valence-corrected chi connectivity index (χ1v) is 10.4. The number of carbonyl (C=O) groups excluding carboxylic acids is 1. The summed E-state index contributed by atoms with van der Waals surface area (Å²) in [5.74, 6) is 0.676. The first kappa shape index (κ1) is 18.0. The average molecular weight is 391 g/mol. The smallest absolute Gasteiger partial charge is 0.230 e. The summed E-state index contributed by atoms with van der Waals surface area (Å²) in [6.07, 6.45) is 0. The SMILES string of the molecule is CC(=O)N(c1nc(CSc2nnc(C)s2)cs1)c1c(C)cccc1C. The lowest BCUT2D eigenvalue weighted by atomic mass is 10.1. The van der Waals surface area contributed by atoms with Gasteiger partial charge in [0.1, 0.15) is 5.01 Å². The third-order valence-electron chi connectivity index (χ3n) is 3.56. The van der Waals surface area contributed by atoms with Crippen molar-refractivity contribution in [2.45, 2.75) is 37.8 Å². The van der Waals surface area contributed by atoms with Crippen LogP contribution in [-0.2, 0) is 10.5 Å². The van der Waals surface area contributed by atoms with Gasteiger partial charge in [0.2, 0.25) is 5.91 Å². The highest BCUT2D eigenvalue weighted by atomic mass is 32.2. The largest absolute Gasteiger partial charge is 0.274 e. The number of thiazole rings is 1. The van der Waals surface area contributed by atoms with Gasteiger partial charge in [-0.25, -0.2) is 4.98 Å². The van der Waals surface area contributed by atoms with E-state index in [0.29, 0.717) is 10.9 Å². The molecule has 0 radical (unpaired) electrons. The second-order valence-electron chi connectivity index (χ2n) is 5.59. The van der Waals surface area contributed by atoms with E-state index in [1.807, 2.05) is 44.4 Å². The standard InChI is InChI=1S/C17H18N4OS3/c1-10-6-5-7-11(2)15(10)21(13(4)22)16-18-14(8-23-16)9-24-17-20-19-12(3)25-17/h5-8H,9H2,1-4H3. The summed E-state index contributed by atoms with van der Waals surface area (Å²) in [6.45, 7) is 7.55. The molecule has 0 fully saturated rings. The van der Waals surface area contributed by atoms with Gasteiger partial charge in [-0.15, -0.1) is 21.5 Å². The van der Waals surface area contributed by atoms with E-state index in [1.54, 1.807) is 34.9 Å². The van der Waals surface area contributed by atoms with Gasteiger partial charge in [0.05, 0.1) is 11.4 Å². The van der Waals surface area contributed by atoms with Crippen molar-refractivity contribution in [3.05, 3.63) is 45.4 Å². The maximum Gasteiger partial charge on any atom is 0.230 e. The van der Waals surface area contributed by atoms with E-state index in [4.69, 9.17) is 0 Å². The number of nitrogens with zero attached hydrogens (tertiary/aromatic N) is 4. The number of anilines is 2. The third kappa shape index (κ3) is 4.08. The Morgan fingerprint density at radius 3 is 2.52 bits per heavy atom. The van der Waals surface area contributed by atoms with Crippen LogP contribution in [0.2, 0.25) is 0 Å². The molecule has 0 N–H and O–H groups in total. The van der Waals surface area contributed by atoms with Crippen LogP contribution in [0, 0.1) is 20.8 Å². The summed E-state index contributed by atoms with van der Waals surface area (Å²) in [5, 5.41) is 11.8. The Kier molecular flexibility index (Phi) is 5.51. The maximum absolute atomic E-state index is 12.3. The van der Waals surface area contributed by atoms with Gasteiger partial charge >= 0.3 is 0 Å². The second-order valence-corrected chi connectivity index (χ2v) is 8.83. The highest BCUT2D eigenvalue weighted by molar-refractivity contribution is 8.00. The Balaban J connectivity index is 1.84. The first-order chi connectivity index (χ1) is 12.0. The zero-order valence-electron chi connectivity index (χ0n) is 14.4. The molecule has 2 heterocycles. The minimum atomic E-state index is -0.0364. The van der Waals surface area contributed by atoms with Crippen molar-refractivity contribution < 1.29 is 4.79 Å². The number of hydrogen-bond acceptors (Lipinski definition) is 7. The number of benzene rings is 1. The Hall–Kier alpha value is -1.77. The molecule has 25 heavy (non-hydrogen) atoms. The molecule has 8 heteroatoms. The van der Waals surface area contributed by atoms with Crippen LogP contribution in [-0.4, -0.2) is 21.1 Å². The zero-order valence-corrected chi connectivity index (χ0v) is 16.9. The molecule has 3 rings (SSSR count). The fourth-order valence-electron chi connectivity index (χ4n) is 2.48. The van der Waals surface area contributed by atoms with Crippen molar-refractivity contribution in [1.29, 1.82) is 0 Å². The van der Waals surface area contributed by atoms with Gasteiger partial charge in [-0.1, -0.05) is 41.3 Å². The quantitative estimate of drug-likeness (QED) is 0.580. The summed E-state index contributed by atoms with van der Waals surface area (Å²) >= 11 is 4.68. The van der Waals surface area contributed by atoms with E-state index in [2.05, 4.69) is 15.2 Å². The number of para-hydroxylation sites is 1. The van der Waals surface area contributed by atoms with Crippen LogP contribution in [0.15, 0.2) is 27.9 Å². The summed E-state index contributed by atoms with van der Waals surface area (Å²) in [4.78, 5) is 18.7. The van der Waals surface area contributed by atoms with Gasteiger partial charge in [0.15, 0.2) is 9.47 Å². The first-order valence-electron chi connectivity index (χ1n) is 7.70. The number of thioether (sulfide) groups is 1.